The van der Waals surface area contributed by atoms with Crippen LogP contribution in [0.3, 0.4) is 0 Å². The highest BCUT2D eigenvalue weighted by Crippen LogP contribution is 2.45. The van der Waals surface area contributed by atoms with E-state index in [9.17, 15) is 4.79 Å². The zero-order valence-electron chi connectivity index (χ0n) is 12.5. The van der Waals surface area contributed by atoms with Crippen molar-refractivity contribution in [2.45, 2.75) is 31.8 Å². The Bertz CT molecular complexity index is 678. The monoisotopic (exact) mass is 314 g/mol. The molecule has 2 N–H and O–H groups in total. The number of carbonyl (C=O) groups is 1. The zero-order valence-corrected chi connectivity index (χ0v) is 13.3. The van der Waals surface area contributed by atoms with Gasteiger partial charge in [0.25, 0.3) is 0 Å². The first-order valence-electron chi connectivity index (χ1n) is 7.46. The Hall–Kier alpha value is -2.00. The van der Waals surface area contributed by atoms with Gasteiger partial charge in [0, 0.05) is 11.6 Å². The summed E-state index contributed by atoms with van der Waals surface area (Å²) in [5.74, 6) is 0. The lowest BCUT2D eigenvalue weighted by Crippen LogP contribution is -2.42. The van der Waals surface area contributed by atoms with Gasteiger partial charge in [-0.05, 0) is 48.6 Å². The number of aryl methyl sites for hydroxylation is 1. The van der Waals surface area contributed by atoms with Crippen molar-refractivity contribution in [1.29, 1.82) is 0 Å². The number of nitrogens with one attached hydrogen (secondary N) is 2. The molecule has 1 aliphatic carbocycles. The van der Waals surface area contributed by atoms with Crippen LogP contribution in [0.4, 0.5) is 4.79 Å². The van der Waals surface area contributed by atoms with Crippen LogP contribution in [-0.4, -0.2) is 6.03 Å². The Kier molecular flexibility index (Phi) is 4.08. The number of hydrogen-bond donors (Lipinski definition) is 2. The number of rotatable bonds is 4. The third-order valence-electron chi connectivity index (χ3n) is 4.20. The number of carbonyl (C=O) groups excluding carboxylic acids is 1. The van der Waals surface area contributed by atoms with Gasteiger partial charge in [0.15, 0.2) is 0 Å². The predicted molar refractivity (Wildman–Crippen MR) is 88.9 cm³/mol. The maximum atomic E-state index is 12.2. The largest absolute Gasteiger partial charge is 0.334 e. The highest BCUT2D eigenvalue weighted by molar-refractivity contribution is 6.30. The summed E-state index contributed by atoms with van der Waals surface area (Å²) >= 11 is 5.92. The average molecular weight is 315 g/mol. The molecule has 0 aromatic heterocycles. The van der Waals surface area contributed by atoms with Crippen molar-refractivity contribution in [2.24, 2.45) is 0 Å². The van der Waals surface area contributed by atoms with E-state index in [1.807, 2.05) is 55.5 Å². The molecule has 4 heteroatoms. The molecular formula is C18H19ClN2O. The van der Waals surface area contributed by atoms with Crippen LogP contribution in [0.2, 0.25) is 5.02 Å². The molecule has 3 nitrogen and oxygen atoms in total. The van der Waals surface area contributed by atoms with E-state index in [-0.39, 0.29) is 11.6 Å². The smallest absolute Gasteiger partial charge is 0.315 e. The number of hydrogen-bond acceptors (Lipinski definition) is 1. The van der Waals surface area contributed by atoms with E-state index in [1.54, 1.807) is 0 Å². The van der Waals surface area contributed by atoms with Gasteiger partial charge in [-0.3, -0.25) is 0 Å². The Balaban J connectivity index is 1.60. The van der Waals surface area contributed by atoms with Gasteiger partial charge in [-0.15, -0.1) is 0 Å². The molecule has 1 fully saturated rings. The van der Waals surface area contributed by atoms with Gasteiger partial charge in [-0.25, -0.2) is 4.79 Å². The molecule has 1 aliphatic rings. The highest BCUT2D eigenvalue weighted by Gasteiger charge is 2.45. The van der Waals surface area contributed by atoms with Crippen molar-refractivity contribution in [3.63, 3.8) is 0 Å². The molecule has 2 aromatic rings. The van der Waals surface area contributed by atoms with E-state index in [0.717, 1.165) is 24.0 Å². The predicted octanol–water partition coefficient (Wildman–Crippen LogP) is 4.14. The highest BCUT2D eigenvalue weighted by atomic mass is 35.5. The standard InChI is InChI=1S/C18H19ClN2O/c1-13-4-2-3-5-14(13)12-20-17(22)21-18(10-11-18)15-6-8-16(19)9-7-15/h2-9H,10-12H2,1H3,(H2,20,21,22). The second-order valence-corrected chi connectivity index (χ2v) is 6.26. The summed E-state index contributed by atoms with van der Waals surface area (Å²) in [6.45, 7) is 2.58. The van der Waals surface area contributed by atoms with E-state index in [1.165, 1.54) is 5.56 Å². The van der Waals surface area contributed by atoms with Crippen molar-refractivity contribution < 1.29 is 4.79 Å². The molecule has 0 saturated heterocycles. The van der Waals surface area contributed by atoms with Crippen LogP contribution in [0.1, 0.15) is 29.5 Å². The van der Waals surface area contributed by atoms with Gasteiger partial charge >= 0.3 is 6.03 Å². The molecule has 0 atom stereocenters. The van der Waals surface area contributed by atoms with Crippen LogP contribution in [-0.2, 0) is 12.1 Å². The molecule has 0 spiro atoms. The van der Waals surface area contributed by atoms with Gasteiger partial charge in [0.05, 0.1) is 5.54 Å². The summed E-state index contributed by atoms with van der Waals surface area (Å²) < 4.78 is 0. The summed E-state index contributed by atoms with van der Waals surface area (Å²) in [4.78, 5) is 12.2. The molecule has 1 saturated carbocycles. The zero-order chi connectivity index (χ0) is 15.6. The van der Waals surface area contributed by atoms with Crippen LogP contribution in [0.15, 0.2) is 48.5 Å². The summed E-state index contributed by atoms with van der Waals surface area (Å²) in [5, 5.41) is 6.75. The van der Waals surface area contributed by atoms with E-state index in [4.69, 9.17) is 11.6 Å². The lowest BCUT2D eigenvalue weighted by molar-refractivity contribution is 0.235. The third-order valence-corrected chi connectivity index (χ3v) is 4.45. The maximum absolute atomic E-state index is 12.2. The third kappa shape index (κ3) is 3.25. The van der Waals surface area contributed by atoms with Crippen LogP contribution >= 0.6 is 11.6 Å². The second kappa shape index (κ2) is 6.01. The fourth-order valence-corrected chi connectivity index (χ4v) is 2.75. The van der Waals surface area contributed by atoms with Gasteiger partial charge in [-0.1, -0.05) is 48.0 Å². The summed E-state index contributed by atoms with van der Waals surface area (Å²) in [6.07, 6.45) is 1.93. The molecule has 0 heterocycles. The molecule has 0 bridgehead atoms. The summed E-state index contributed by atoms with van der Waals surface area (Å²) in [7, 11) is 0. The van der Waals surface area contributed by atoms with Gasteiger partial charge in [-0.2, -0.15) is 0 Å². The fraction of sp³-hybridized carbons (Fsp3) is 0.278. The minimum atomic E-state index is -0.222. The van der Waals surface area contributed by atoms with Gasteiger partial charge in [0.2, 0.25) is 0 Å². The first-order chi connectivity index (χ1) is 10.6. The van der Waals surface area contributed by atoms with Crippen molar-refractivity contribution in [3.8, 4) is 0 Å². The number of benzene rings is 2. The fourth-order valence-electron chi connectivity index (χ4n) is 2.63. The molecular weight excluding hydrogens is 296 g/mol. The molecule has 2 amide bonds. The Morgan fingerprint density at radius 2 is 1.82 bits per heavy atom. The number of urea groups is 1. The number of amides is 2. The minimum Gasteiger partial charge on any atom is -0.334 e. The Morgan fingerprint density at radius 3 is 2.45 bits per heavy atom. The van der Waals surface area contributed by atoms with E-state index >= 15 is 0 Å². The Morgan fingerprint density at radius 1 is 1.14 bits per heavy atom. The topological polar surface area (TPSA) is 41.1 Å². The van der Waals surface area contributed by atoms with Crippen LogP contribution < -0.4 is 10.6 Å². The van der Waals surface area contributed by atoms with Gasteiger partial charge < -0.3 is 10.6 Å². The first-order valence-corrected chi connectivity index (χ1v) is 7.83. The lowest BCUT2D eigenvalue weighted by Gasteiger charge is -2.19. The number of halogens is 1. The van der Waals surface area contributed by atoms with E-state index in [2.05, 4.69) is 10.6 Å². The van der Waals surface area contributed by atoms with E-state index < -0.39 is 0 Å². The van der Waals surface area contributed by atoms with Crippen LogP contribution in [0, 0.1) is 6.92 Å². The molecule has 114 valence electrons. The summed E-state index contributed by atoms with van der Waals surface area (Å²) in [6, 6.07) is 15.6. The molecule has 22 heavy (non-hydrogen) atoms. The molecule has 0 radical (unpaired) electrons. The molecule has 0 aliphatic heterocycles. The second-order valence-electron chi connectivity index (χ2n) is 5.82. The summed E-state index contributed by atoms with van der Waals surface area (Å²) in [5.41, 5.74) is 3.21. The molecule has 2 aromatic carbocycles. The lowest BCUT2D eigenvalue weighted by atomic mass is 10.1. The van der Waals surface area contributed by atoms with Crippen molar-refractivity contribution >= 4 is 17.6 Å². The van der Waals surface area contributed by atoms with Gasteiger partial charge in [0.1, 0.15) is 0 Å². The average Bonchev–Trinajstić information content (AvgIpc) is 3.28. The van der Waals surface area contributed by atoms with E-state index in [0.29, 0.717) is 11.6 Å². The first kappa shape index (κ1) is 14.9. The molecule has 0 unspecified atom stereocenters. The normalized spacial score (nSPS) is 15.2. The SMILES string of the molecule is Cc1ccccc1CNC(=O)NC1(c2ccc(Cl)cc2)CC1. The van der Waals surface area contributed by atoms with Crippen LogP contribution in [0.5, 0.6) is 0 Å². The Labute approximate surface area is 135 Å². The van der Waals surface area contributed by atoms with Crippen molar-refractivity contribution in [3.05, 3.63) is 70.2 Å². The van der Waals surface area contributed by atoms with Crippen molar-refractivity contribution in [1.82, 2.24) is 10.6 Å². The van der Waals surface area contributed by atoms with Crippen LogP contribution in [0.25, 0.3) is 0 Å². The van der Waals surface area contributed by atoms with Crippen molar-refractivity contribution in [2.75, 3.05) is 0 Å². The minimum absolute atomic E-state index is 0.129. The maximum Gasteiger partial charge on any atom is 0.315 e. The molecule has 3 rings (SSSR count). The quantitative estimate of drug-likeness (QED) is 0.875.